The molecule has 0 radical (unpaired) electrons. The smallest absolute Gasteiger partial charge is 0.252 e. The molecule has 3 aromatic rings. The Balaban J connectivity index is 0.00000231. The van der Waals surface area contributed by atoms with Crippen molar-refractivity contribution in [1.29, 1.82) is 0 Å². The van der Waals surface area contributed by atoms with Crippen molar-refractivity contribution >= 4 is 29.3 Å². The van der Waals surface area contributed by atoms with Gasteiger partial charge in [-0.1, -0.05) is 12.1 Å². The summed E-state index contributed by atoms with van der Waals surface area (Å²) in [7, 11) is 0. The molecule has 1 spiro atoms. The second-order valence-corrected chi connectivity index (χ2v) is 11.5. The number of aliphatic hydroxyl groups is 1. The molecule has 3 N–H and O–H groups in total. The van der Waals surface area contributed by atoms with Crippen LogP contribution in [0.5, 0.6) is 11.5 Å². The molecule has 8 rings (SSSR count). The first-order valence-corrected chi connectivity index (χ1v) is 13.2. The number of furan rings is 1. The first kappa shape index (κ1) is 23.4. The van der Waals surface area contributed by atoms with Gasteiger partial charge in [-0.15, -0.1) is 12.4 Å². The third kappa shape index (κ3) is 2.99. The zero-order valence-corrected chi connectivity index (χ0v) is 21.3. The number of hydrogen-bond acceptors (Lipinski definition) is 6. The van der Waals surface area contributed by atoms with Crippen LogP contribution in [0.15, 0.2) is 47.1 Å². The van der Waals surface area contributed by atoms with Crippen molar-refractivity contribution in [3.05, 3.63) is 59.4 Å². The maximum atomic E-state index is 13.5. The molecule has 8 heteroatoms. The van der Waals surface area contributed by atoms with Gasteiger partial charge in [0.15, 0.2) is 11.5 Å². The first-order chi connectivity index (χ1) is 17.5. The van der Waals surface area contributed by atoms with Crippen molar-refractivity contribution < 1.29 is 24.2 Å². The number of phenolic OH excluding ortho intramolecular Hbond substituents is 1. The number of nitrogens with zero attached hydrogens (tertiary/aromatic N) is 1. The molecule has 3 aliphatic carbocycles. The molecule has 5 atom stereocenters. The van der Waals surface area contributed by atoms with Gasteiger partial charge in [0, 0.05) is 23.5 Å². The van der Waals surface area contributed by atoms with Gasteiger partial charge in [0.2, 0.25) is 0 Å². The monoisotopic (exact) mass is 522 g/mol. The maximum Gasteiger partial charge on any atom is 0.252 e. The van der Waals surface area contributed by atoms with Gasteiger partial charge in [-0.05, 0) is 80.8 Å². The zero-order chi connectivity index (χ0) is 24.2. The number of carbonyl (C=O) groups excluding carboxylic acids is 1. The number of carbonyl (C=O) groups is 1. The molecule has 2 aromatic carbocycles. The Morgan fingerprint density at radius 3 is 2.84 bits per heavy atom. The highest BCUT2D eigenvalue weighted by Gasteiger charge is 2.73. The molecule has 2 saturated carbocycles. The fraction of sp³-hybridized carbons (Fsp3) is 0.483. The molecular formula is C29H31ClN2O5. The molecule has 1 aromatic heterocycles. The summed E-state index contributed by atoms with van der Waals surface area (Å²) in [6, 6.07) is 10.8. The standard InChI is InChI=1S/C29H30N2O5.ClH/c32-21-7-6-17-14-23-29(34)10-8-20(30-27(33)19-2-1-3-22-18(19)9-13-35-22)26-28(29,24(17)25(21)36-26)11-12-31(23)15-16-4-5-16;/h1-3,6-7,9,13,16,20,23,26,32,34H,4-5,8,10-12,14-15H2,(H,30,33);1H/t20-,23+,26-,28-,29+;/m0./s1. The van der Waals surface area contributed by atoms with E-state index in [2.05, 4.69) is 10.2 Å². The van der Waals surface area contributed by atoms with Crippen LogP contribution in [-0.2, 0) is 11.8 Å². The van der Waals surface area contributed by atoms with Gasteiger partial charge in [-0.25, -0.2) is 0 Å². The lowest BCUT2D eigenvalue weighted by molar-refractivity contribution is -0.191. The average molecular weight is 523 g/mol. The van der Waals surface area contributed by atoms with Crippen LogP contribution >= 0.6 is 12.4 Å². The Labute approximate surface area is 221 Å². The van der Waals surface area contributed by atoms with E-state index in [-0.39, 0.29) is 36.1 Å². The van der Waals surface area contributed by atoms with E-state index in [9.17, 15) is 15.0 Å². The lowest BCUT2D eigenvalue weighted by Crippen LogP contribution is -2.78. The van der Waals surface area contributed by atoms with E-state index in [1.807, 2.05) is 30.3 Å². The van der Waals surface area contributed by atoms with Crippen LogP contribution in [0.3, 0.4) is 0 Å². The number of rotatable bonds is 4. The Bertz CT molecular complexity index is 1420. The van der Waals surface area contributed by atoms with Gasteiger partial charge >= 0.3 is 0 Å². The van der Waals surface area contributed by atoms with Crippen LogP contribution in [0.4, 0.5) is 0 Å². The summed E-state index contributed by atoms with van der Waals surface area (Å²) in [5.74, 6) is 1.20. The number of nitrogens with one attached hydrogen (secondary N) is 1. The van der Waals surface area contributed by atoms with E-state index < -0.39 is 17.1 Å². The molecule has 5 aliphatic rings. The van der Waals surface area contributed by atoms with Crippen molar-refractivity contribution in [3.63, 3.8) is 0 Å². The van der Waals surface area contributed by atoms with Crippen LogP contribution in [0.1, 0.15) is 53.6 Å². The van der Waals surface area contributed by atoms with E-state index in [4.69, 9.17) is 9.15 Å². The summed E-state index contributed by atoms with van der Waals surface area (Å²) < 4.78 is 12.1. The van der Waals surface area contributed by atoms with Crippen LogP contribution in [-0.4, -0.2) is 57.9 Å². The predicted octanol–water partition coefficient (Wildman–Crippen LogP) is 3.92. The molecule has 1 amide bonds. The number of likely N-dealkylation sites (tertiary alicyclic amines) is 1. The quantitative estimate of drug-likeness (QED) is 0.481. The normalized spacial score (nSPS) is 33.4. The first-order valence-electron chi connectivity index (χ1n) is 13.2. The summed E-state index contributed by atoms with van der Waals surface area (Å²) >= 11 is 0. The highest BCUT2D eigenvalue weighted by atomic mass is 35.5. The van der Waals surface area contributed by atoms with Crippen molar-refractivity contribution in [1.82, 2.24) is 10.2 Å². The number of benzene rings is 2. The minimum Gasteiger partial charge on any atom is -0.504 e. The fourth-order valence-corrected chi connectivity index (χ4v) is 8.07. The fourth-order valence-electron chi connectivity index (χ4n) is 8.07. The Hall–Kier alpha value is -2.74. The van der Waals surface area contributed by atoms with Gasteiger partial charge in [-0.3, -0.25) is 9.69 Å². The molecule has 1 saturated heterocycles. The van der Waals surface area contributed by atoms with Crippen LogP contribution in [0.2, 0.25) is 0 Å². The van der Waals surface area contributed by atoms with Gasteiger partial charge in [-0.2, -0.15) is 0 Å². The predicted molar refractivity (Wildman–Crippen MR) is 140 cm³/mol. The highest BCUT2D eigenvalue weighted by Crippen LogP contribution is 2.65. The van der Waals surface area contributed by atoms with E-state index >= 15 is 0 Å². The number of fused-ring (bicyclic) bond motifs is 1. The Kier molecular flexibility index (Phi) is 4.98. The number of halogens is 1. The lowest BCUT2D eigenvalue weighted by atomic mass is 9.48. The second-order valence-electron chi connectivity index (χ2n) is 11.5. The van der Waals surface area contributed by atoms with Gasteiger partial charge in [0.25, 0.3) is 5.91 Å². The number of aromatic hydroxyl groups is 1. The van der Waals surface area contributed by atoms with Gasteiger partial charge in [0.05, 0.1) is 28.9 Å². The minimum atomic E-state index is -0.956. The van der Waals surface area contributed by atoms with Gasteiger partial charge in [0.1, 0.15) is 11.7 Å². The molecule has 2 aliphatic heterocycles. The number of phenols is 1. The third-order valence-electron chi connectivity index (χ3n) is 9.82. The summed E-state index contributed by atoms with van der Waals surface area (Å²) in [4.78, 5) is 16.0. The lowest BCUT2D eigenvalue weighted by Gasteiger charge is -2.64. The third-order valence-corrected chi connectivity index (χ3v) is 9.82. The van der Waals surface area contributed by atoms with Crippen molar-refractivity contribution in [2.45, 2.75) is 67.7 Å². The van der Waals surface area contributed by atoms with Crippen molar-refractivity contribution in [3.8, 4) is 11.5 Å². The summed E-state index contributed by atoms with van der Waals surface area (Å²) in [5.41, 5.74) is 1.79. The number of hydrogen-bond donors (Lipinski definition) is 3. The van der Waals surface area contributed by atoms with Crippen molar-refractivity contribution in [2.75, 3.05) is 13.1 Å². The van der Waals surface area contributed by atoms with Crippen molar-refractivity contribution in [2.24, 2.45) is 5.92 Å². The molecule has 3 fully saturated rings. The van der Waals surface area contributed by atoms with Crippen LogP contribution < -0.4 is 10.1 Å². The van der Waals surface area contributed by atoms with Gasteiger partial charge < -0.3 is 24.7 Å². The summed E-state index contributed by atoms with van der Waals surface area (Å²) in [6.45, 7) is 1.94. The average Bonchev–Trinajstić information content (AvgIpc) is 3.41. The minimum absolute atomic E-state index is 0. The summed E-state index contributed by atoms with van der Waals surface area (Å²) in [5, 5.41) is 27.4. The number of piperidine rings is 1. The molecule has 2 bridgehead atoms. The molecule has 194 valence electrons. The summed E-state index contributed by atoms with van der Waals surface area (Å²) in [6.07, 6.45) is 6.46. The zero-order valence-electron chi connectivity index (χ0n) is 20.5. The SMILES string of the molecule is Cl.O=C(N[C@H]1CC[C@@]2(O)[C@H]3Cc4ccc(O)c5c4[C@@]2(CCN3CC2CC2)[C@H]1O5)c1cccc2occc12. The molecule has 3 heterocycles. The molecule has 7 nitrogen and oxygen atoms in total. The topological polar surface area (TPSA) is 95.2 Å². The van der Waals surface area contributed by atoms with E-state index in [0.717, 1.165) is 48.4 Å². The van der Waals surface area contributed by atoms with E-state index in [0.29, 0.717) is 29.7 Å². The molecule has 37 heavy (non-hydrogen) atoms. The maximum absolute atomic E-state index is 13.5. The Morgan fingerprint density at radius 1 is 1.14 bits per heavy atom. The number of amides is 1. The number of ether oxygens (including phenoxy) is 1. The van der Waals surface area contributed by atoms with Crippen LogP contribution in [0.25, 0.3) is 11.0 Å². The largest absolute Gasteiger partial charge is 0.504 e. The Morgan fingerprint density at radius 2 is 2.00 bits per heavy atom. The second kappa shape index (κ2) is 7.88. The molecular weight excluding hydrogens is 492 g/mol. The van der Waals surface area contributed by atoms with E-state index in [1.165, 1.54) is 12.8 Å². The highest BCUT2D eigenvalue weighted by molar-refractivity contribution is 6.06. The van der Waals surface area contributed by atoms with E-state index in [1.54, 1.807) is 12.3 Å². The molecule has 0 unspecified atom stereocenters. The van der Waals surface area contributed by atoms with Crippen LogP contribution in [0, 0.1) is 5.92 Å².